The van der Waals surface area contributed by atoms with E-state index in [4.69, 9.17) is 10.00 Å². The molecule has 0 aliphatic carbocycles. The lowest BCUT2D eigenvalue weighted by atomic mass is 9.92. The van der Waals surface area contributed by atoms with E-state index < -0.39 is 0 Å². The molecule has 4 aromatic rings. The highest BCUT2D eigenvalue weighted by Crippen LogP contribution is 2.37. The molecular weight excluding hydrogens is 372 g/mol. The number of hydrogen-bond acceptors (Lipinski definition) is 3. The molecule has 0 aliphatic rings. The summed E-state index contributed by atoms with van der Waals surface area (Å²) in [5.41, 5.74) is 7.56. The van der Waals surface area contributed by atoms with E-state index >= 15 is 0 Å². The molecule has 1 heterocycles. The van der Waals surface area contributed by atoms with Crippen molar-refractivity contribution in [1.29, 1.82) is 5.26 Å². The Morgan fingerprint density at radius 3 is 2.17 bits per heavy atom. The van der Waals surface area contributed by atoms with Gasteiger partial charge in [-0.15, -0.1) is 0 Å². The van der Waals surface area contributed by atoms with Gasteiger partial charge in [0.25, 0.3) is 0 Å². The van der Waals surface area contributed by atoms with Crippen LogP contribution in [0.5, 0.6) is 0 Å². The quantitative estimate of drug-likeness (QED) is 0.407. The third-order valence-corrected chi connectivity index (χ3v) is 5.35. The summed E-state index contributed by atoms with van der Waals surface area (Å²) in [5, 5.41) is 10.1. The number of fused-ring (bicyclic) bond motifs is 1. The van der Waals surface area contributed by atoms with Gasteiger partial charge in [0.15, 0.2) is 0 Å². The summed E-state index contributed by atoms with van der Waals surface area (Å²) in [6.07, 6.45) is 0. The summed E-state index contributed by atoms with van der Waals surface area (Å²) in [6, 6.07) is 24.3. The van der Waals surface area contributed by atoms with Crippen LogP contribution < -0.4 is 0 Å². The van der Waals surface area contributed by atoms with Crippen LogP contribution in [0.2, 0.25) is 0 Å². The van der Waals surface area contributed by atoms with E-state index in [2.05, 4.69) is 49.4 Å². The number of esters is 1. The first kappa shape index (κ1) is 19.5. The SMILES string of the molecule is CCOC(=O)c1cc2cc(-c3ccc(C#N)cc3)c(-c3ccc(C)cc3)cc2n1C. The van der Waals surface area contributed by atoms with Crippen LogP contribution in [0.25, 0.3) is 33.2 Å². The van der Waals surface area contributed by atoms with Crippen molar-refractivity contribution in [1.82, 2.24) is 4.57 Å². The summed E-state index contributed by atoms with van der Waals surface area (Å²) >= 11 is 0. The normalized spacial score (nSPS) is 10.7. The maximum atomic E-state index is 12.4. The fourth-order valence-corrected chi connectivity index (χ4v) is 3.72. The van der Waals surface area contributed by atoms with Gasteiger partial charge in [0.2, 0.25) is 0 Å². The highest BCUT2D eigenvalue weighted by molar-refractivity contribution is 6.00. The fraction of sp³-hybridized carbons (Fsp3) is 0.154. The minimum absolute atomic E-state index is 0.326. The zero-order chi connectivity index (χ0) is 21.3. The van der Waals surface area contributed by atoms with Crippen LogP contribution in [0.4, 0.5) is 0 Å². The first-order valence-electron chi connectivity index (χ1n) is 9.90. The van der Waals surface area contributed by atoms with Crippen molar-refractivity contribution in [3.63, 3.8) is 0 Å². The molecule has 0 spiro atoms. The molecule has 148 valence electrons. The molecule has 3 aromatic carbocycles. The van der Waals surface area contributed by atoms with Crippen molar-refractivity contribution in [2.75, 3.05) is 6.61 Å². The van der Waals surface area contributed by atoms with Gasteiger partial charge in [-0.3, -0.25) is 0 Å². The standard InChI is InChI=1S/C26H22N2O2/c1-4-30-26(29)25-14-21-13-22(20-11-7-18(16-27)8-12-20)23(15-24(21)28(25)3)19-9-5-17(2)6-10-19/h5-15H,4H2,1-3H3. The van der Waals surface area contributed by atoms with Gasteiger partial charge >= 0.3 is 5.97 Å². The molecular formula is C26H22N2O2. The van der Waals surface area contributed by atoms with Crippen molar-refractivity contribution in [3.05, 3.63) is 83.6 Å². The number of hydrogen-bond donors (Lipinski definition) is 0. The van der Waals surface area contributed by atoms with Crippen LogP contribution in [0.15, 0.2) is 66.7 Å². The Kier molecular flexibility index (Phi) is 5.12. The zero-order valence-electron chi connectivity index (χ0n) is 17.3. The second kappa shape index (κ2) is 7.88. The molecule has 0 fully saturated rings. The van der Waals surface area contributed by atoms with E-state index in [-0.39, 0.29) is 5.97 Å². The Bertz CT molecular complexity index is 1270. The van der Waals surface area contributed by atoms with E-state index in [9.17, 15) is 4.79 Å². The van der Waals surface area contributed by atoms with E-state index in [0.29, 0.717) is 17.9 Å². The summed E-state index contributed by atoms with van der Waals surface area (Å²) in [7, 11) is 1.88. The van der Waals surface area contributed by atoms with Gasteiger partial charge in [0.05, 0.1) is 18.2 Å². The lowest BCUT2D eigenvalue weighted by Gasteiger charge is -2.13. The van der Waals surface area contributed by atoms with Crippen LogP contribution in [0.3, 0.4) is 0 Å². The van der Waals surface area contributed by atoms with E-state index in [1.807, 2.05) is 41.9 Å². The Balaban J connectivity index is 1.97. The molecule has 0 N–H and O–H groups in total. The molecule has 0 aliphatic heterocycles. The molecule has 1 aromatic heterocycles. The zero-order valence-corrected chi connectivity index (χ0v) is 17.3. The van der Waals surface area contributed by atoms with Crippen LogP contribution in [0.1, 0.15) is 28.5 Å². The molecule has 4 nitrogen and oxygen atoms in total. The number of carbonyl (C=O) groups excluding carboxylic acids is 1. The van der Waals surface area contributed by atoms with E-state index in [0.717, 1.165) is 33.2 Å². The van der Waals surface area contributed by atoms with Crippen molar-refractivity contribution < 1.29 is 9.53 Å². The van der Waals surface area contributed by atoms with Gasteiger partial charge < -0.3 is 9.30 Å². The number of nitrogens with zero attached hydrogens (tertiary/aromatic N) is 2. The number of aryl methyl sites for hydroxylation is 2. The summed E-state index contributed by atoms with van der Waals surface area (Å²) in [4.78, 5) is 12.4. The van der Waals surface area contributed by atoms with Crippen molar-refractivity contribution in [3.8, 4) is 28.3 Å². The number of benzene rings is 3. The molecule has 0 unspecified atom stereocenters. The highest BCUT2D eigenvalue weighted by Gasteiger charge is 2.17. The fourth-order valence-electron chi connectivity index (χ4n) is 3.72. The van der Waals surface area contributed by atoms with Crippen molar-refractivity contribution in [2.24, 2.45) is 7.05 Å². The third-order valence-electron chi connectivity index (χ3n) is 5.35. The maximum Gasteiger partial charge on any atom is 0.354 e. The summed E-state index contributed by atoms with van der Waals surface area (Å²) in [6.45, 7) is 4.21. The molecule has 0 bridgehead atoms. The Hall–Kier alpha value is -3.84. The number of carbonyl (C=O) groups is 1. The monoisotopic (exact) mass is 394 g/mol. The lowest BCUT2D eigenvalue weighted by molar-refractivity contribution is 0.0516. The molecule has 0 saturated heterocycles. The topological polar surface area (TPSA) is 55.0 Å². The Morgan fingerprint density at radius 1 is 0.967 bits per heavy atom. The molecule has 0 atom stereocenters. The van der Waals surface area contributed by atoms with Crippen molar-refractivity contribution in [2.45, 2.75) is 13.8 Å². The minimum Gasteiger partial charge on any atom is -0.461 e. The number of nitriles is 1. The minimum atomic E-state index is -0.326. The van der Waals surface area contributed by atoms with Crippen LogP contribution in [-0.4, -0.2) is 17.1 Å². The largest absolute Gasteiger partial charge is 0.461 e. The smallest absolute Gasteiger partial charge is 0.354 e. The van der Waals surface area contributed by atoms with E-state index in [1.165, 1.54) is 5.56 Å². The second-order valence-electron chi connectivity index (χ2n) is 7.32. The second-order valence-corrected chi connectivity index (χ2v) is 7.32. The first-order valence-corrected chi connectivity index (χ1v) is 9.90. The molecule has 0 amide bonds. The molecule has 0 saturated carbocycles. The van der Waals surface area contributed by atoms with E-state index in [1.54, 1.807) is 6.92 Å². The summed E-state index contributed by atoms with van der Waals surface area (Å²) in [5.74, 6) is -0.326. The highest BCUT2D eigenvalue weighted by atomic mass is 16.5. The van der Waals surface area contributed by atoms with Crippen LogP contribution >= 0.6 is 0 Å². The Morgan fingerprint density at radius 2 is 1.57 bits per heavy atom. The maximum absolute atomic E-state index is 12.4. The number of aromatic nitrogens is 1. The van der Waals surface area contributed by atoms with Crippen LogP contribution in [-0.2, 0) is 11.8 Å². The third kappa shape index (κ3) is 3.46. The molecule has 0 radical (unpaired) electrons. The van der Waals surface area contributed by atoms with Gasteiger partial charge in [0.1, 0.15) is 5.69 Å². The Labute approximate surface area is 176 Å². The lowest BCUT2D eigenvalue weighted by Crippen LogP contribution is -2.09. The van der Waals surface area contributed by atoms with Gasteiger partial charge in [0, 0.05) is 18.0 Å². The van der Waals surface area contributed by atoms with Crippen molar-refractivity contribution >= 4 is 16.9 Å². The molecule has 30 heavy (non-hydrogen) atoms. The number of ether oxygens (including phenoxy) is 1. The molecule has 4 rings (SSSR count). The average Bonchev–Trinajstić information content (AvgIpc) is 3.09. The predicted molar refractivity (Wildman–Crippen MR) is 119 cm³/mol. The number of rotatable bonds is 4. The van der Waals surface area contributed by atoms with Gasteiger partial charge in [-0.05, 0) is 66.4 Å². The molecule has 4 heteroatoms. The predicted octanol–water partition coefficient (Wildman–Crippen LogP) is 5.87. The summed E-state index contributed by atoms with van der Waals surface area (Å²) < 4.78 is 7.10. The average molecular weight is 394 g/mol. The van der Waals surface area contributed by atoms with Gasteiger partial charge in [-0.2, -0.15) is 5.26 Å². The van der Waals surface area contributed by atoms with Gasteiger partial charge in [-0.1, -0.05) is 42.0 Å². The first-order chi connectivity index (χ1) is 14.5. The van der Waals surface area contributed by atoms with Gasteiger partial charge in [-0.25, -0.2) is 4.79 Å². The van der Waals surface area contributed by atoms with Crippen LogP contribution in [0, 0.1) is 18.3 Å².